The fourth-order valence-electron chi connectivity index (χ4n) is 1.66. The molecule has 4 N–H and O–H groups in total. The lowest BCUT2D eigenvalue weighted by Crippen LogP contribution is -2.12. The molecular weight excluding hydrogens is 280 g/mol. The third-order valence-corrected chi connectivity index (χ3v) is 3.02. The van der Waals surface area contributed by atoms with Gasteiger partial charge in [0.1, 0.15) is 11.5 Å². The summed E-state index contributed by atoms with van der Waals surface area (Å²) in [5.74, 6) is -0.208. The van der Waals surface area contributed by atoms with E-state index in [1.165, 1.54) is 19.2 Å². The summed E-state index contributed by atoms with van der Waals surface area (Å²) >= 11 is 5.96. The monoisotopic (exact) mass is 292 g/mol. The Morgan fingerprint density at radius 2 is 2.05 bits per heavy atom. The zero-order chi connectivity index (χ0) is 14.7. The number of nitrogens with one attached hydrogen (secondary N) is 1. The van der Waals surface area contributed by atoms with Crippen molar-refractivity contribution in [3.8, 4) is 11.5 Å². The van der Waals surface area contributed by atoms with Crippen molar-refractivity contribution in [2.75, 3.05) is 18.2 Å². The van der Waals surface area contributed by atoms with Crippen LogP contribution >= 0.6 is 11.6 Å². The van der Waals surface area contributed by atoms with Crippen molar-refractivity contribution in [2.45, 2.75) is 0 Å². The molecule has 0 atom stereocenters. The lowest BCUT2D eigenvalue weighted by molar-refractivity contribution is 0.102. The molecule has 2 aromatic rings. The molecule has 0 saturated heterocycles. The Kier molecular flexibility index (Phi) is 4.00. The van der Waals surface area contributed by atoms with Crippen LogP contribution in [0.1, 0.15) is 10.4 Å². The van der Waals surface area contributed by atoms with E-state index in [1.807, 2.05) is 0 Å². The topological polar surface area (TPSA) is 84.6 Å². The highest BCUT2D eigenvalue weighted by Gasteiger charge is 2.13. The molecule has 0 aromatic heterocycles. The Morgan fingerprint density at radius 1 is 1.30 bits per heavy atom. The zero-order valence-corrected chi connectivity index (χ0v) is 11.4. The number of nitrogens with two attached hydrogens (primary N) is 1. The number of methoxy groups -OCH3 is 1. The molecule has 2 rings (SSSR count). The van der Waals surface area contributed by atoms with Crippen molar-refractivity contribution in [3.63, 3.8) is 0 Å². The lowest BCUT2D eigenvalue weighted by atomic mass is 10.1. The van der Waals surface area contributed by atoms with Crippen LogP contribution in [0.5, 0.6) is 11.5 Å². The fraction of sp³-hybridized carbons (Fsp3) is 0.0714. The minimum Gasteiger partial charge on any atom is -0.507 e. The number of phenolic OH excluding ortho intramolecular Hbond substituents is 1. The third kappa shape index (κ3) is 2.95. The van der Waals surface area contributed by atoms with Crippen LogP contribution in [0.2, 0.25) is 5.02 Å². The van der Waals surface area contributed by atoms with Crippen LogP contribution in [-0.4, -0.2) is 18.1 Å². The second-order valence-electron chi connectivity index (χ2n) is 4.08. The predicted octanol–water partition coefficient (Wildman–Crippen LogP) is 2.89. The molecule has 1 amide bonds. The smallest absolute Gasteiger partial charge is 0.259 e. The molecule has 2 aromatic carbocycles. The number of aromatic hydroxyl groups is 1. The number of nitrogen functional groups attached to an aromatic ring is 1. The maximum Gasteiger partial charge on any atom is 0.259 e. The number of halogens is 1. The Bertz CT molecular complexity index is 659. The van der Waals surface area contributed by atoms with E-state index in [0.717, 1.165) is 0 Å². The van der Waals surface area contributed by atoms with Crippen LogP contribution in [0.3, 0.4) is 0 Å². The summed E-state index contributed by atoms with van der Waals surface area (Å²) in [6.07, 6.45) is 0. The summed E-state index contributed by atoms with van der Waals surface area (Å²) in [5.41, 5.74) is 6.61. The van der Waals surface area contributed by atoms with Crippen LogP contribution in [0.4, 0.5) is 11.4 Å². The van der Waals surface area contributed by atoms with E-state index in [9.17, 15) is 9.90 Å². The number of amides is 1. The van der Waals surface area contributed by atoms with Crippen molar-refractivity contribution in [3.05, 3.63) is 47.0 Å². The first kappa shape index (κ1) is 14.0. The van der Waals surface area contributed by atoms with Crippen LogP contribution < -0.4 is 15.8 Å². The number of hydrogen-bond acceptors (Lipinski definition) is 4. The quantitative estimate of drug-likeness (QED) is 0.759. The van der Waals surface area contributed by atoms with Gasteiger partial charge in [0.2, 0.25) is 0 Å². The second kappa shape index (κ2) is 5.71. The number of hydrogen-bond donors (Lipinski definition) is 3. The van der Waals surface area contributed by atoms with E-state index in [0.29, 0.717) is 22.1 Å². The van der Waals surface area contributed by atoms with Gasteiger partial charge in [-0.15, -0.1) is 0 Å². The summed E-state index contributed by atoms with van der Waals surface area (Å²) in [6.45, 7) is 0. The molecule has 0 saturated carbocycles. The SMILES string of the molecule is COc1ccc(C(=O)Nc2cc(N)ccc2Cl)c(O)c1. The highest BCUT2D eigenvalue weighted by Crippen LogP contribution is 2.27. The van der Waals surface area contributed by atoms with Gasteiger partial charge in [-0.25, -0.2) is 0 Å². The summed E-state index contributed by atoms with van der Waals surface area (Å²) in [5, 5.41) is 12.8. The first-order valence-corrected chi connectivity index (χ1v) is 6.12. The molecule has 104 valence electrons. The fourth-order valence-corrected chi connectivity index (χ4v) is 1.82. The van der Waals surface area contributed by atoms with Gasteiger partial charge in [-0.05, 0) is 30.3 Å². The molecule has 0 radical (unpaired) electrons. The van der Waals surface area contributed by atoms with Crippen LogP contribution in [0, 0.1) is 0 Å². The summed E-state index contributed by atoms with van der Waals surface area (Å²) in [6, 6.07) is 9.15. The molecule has 0 aliphatic heterocycles. The van der Waals surface area contributed by atoms with E-state index in [1.54, 1.807) is 24.3 Å². The molecule has 20 heavy (non-hydrogen) atoms. The highest BCUT2D eigenvalue weighted by atomic mass is 35.5. The van der Waals surface area contributed by atoms with E-state index in [-0.39, 0.29) is 11.3 Å². The summed E-state index contributed by atoms with van der Waals surface area (Å²) < 4.78 is 4.95. The predicted molar refractivity (Wildman–Crippen MR) is 78.5 cm³/mol. The van der Waals surface area contributed by atoms with Gasteiger partial charge < -0.3 is 20.9 Å². The van der Waals surface area contributed by atoms with Gasteiger partial charge in [-0.1, -0.05) is 11.6 Å². The van der Waals surface area contributed by atoms with Gasteiger partial charge in [0.25, 0.3) is 5.91 Å². The third-order valence-electron chi connectivity index (χ3n) is 2.69. The van der Waals surface area contributed by atoms with Crippen molar-refractivity contribution in [1.82, 2.24) is 0 Å². The second-order valence-corrected chi connectivity index (χ2v) is 4.48. The minimum absolute atomic E-state index is 0.115. The average molecular weight is 293 g/mol. The first-order valence-electron chi connectivity index (χ1n) is 5.74. The van der Waals surface area contributed by atoms with Gasteiger partial charge in [0.15, 0.2) is 0 Å². The summed E-state index contributed by atoms with van der Waals surface area (Å²) in [4.78, 5) is 12.1. The van der Waals surface area contributed by atoms with Gasteiger partial charge in [-0.3, -0.25) is 4.79 Å². The van der Waals surface area contributed by atoms with Crippen molar-refractivity contribution < 1.29 is 14.6 Å². The maximum absolute atomic E-state index is 12.1. The van der Waals surface area contributed by atoms with Crippen LogP contribution in [-0.2, 0) is 0 Å². The van der Waals surface area contributed by atoms with E-state index in [2.05, 4.69) is 5.32 Å². The van der Waals surface area contributed by atoms with Crippen LogP contribution in [0.15, 0.2) is 36.4 Å². The molecule has 0 aliphatic carbocycles. The number of rotatable bonds is 3. The van der Waals surface area contributed by atoms with Crippen molar-refractivity contribution >= 4 is 28.9 Å². The van der Waals surface area contributed by atoms with Crippen LogP contribution in [0.25, 0.3) is 0 Å². The normalized spacial score (nSPS) is 10.1. The molecule has 0 heterocycles. The van der Waals surface area contributed by atoms with Gasteiger partial charge in [-0.2, -0.15) is 0 Å². The zero-order valence-electron chi connectivity index (χ0n) is 10.7. The van der Waals surface area contributed by atoms with Gasteiger partial charge >= 0.3 is 0 Å². The van der Waals surface area contributed by atoms with E-state index >= 15 is 0 Å². The number of ether oxygens (including phenoxy) is 1. The molecule has 5 nitrogen and oxygen atoms in total. The Labute approximate surface area is 120 Å². The molecule has 0 unspecified atom stereocenters. The van der Waals surface area contributed by atoms with Gasteiger partial charge in [0.05, 0.1) is 23.4 Å². The minimum atomic E-state index is -0.488. The number of carbonyl (C=O) groups is 1. The molecular formula is C14H13ClN2O3. The number of anilines is 2. The Morgan fingerprint density at radius 3 is 2.70 bits per heavy atom. The number of carbonyl (C=O) groups excluding carboxylic acids is 1. The highest BCUT2D eigenvalue weighted by molar-refractivity contribution is 6.34. The molecule has 0 aliphatic rings. The largest absolute Gasteiger partial charge is 0.507 e. The van der Waals surface area contributed by atoms with Crippen molar-refractivity contribution in [2.24, 2.45) is 0 Å². The van der Waals surface area contributed by atoms with Gasteiger partial charge in [0, 0.05) is 11.8 Å². The molecule has 6 heteroatoms. The van der Waals surface area contributed by atoms with E-state index < -0.39 is 5.91 Å². The molecule has 0 spiro atoms. The standard InChI is InChI=1S/C14H13ClN2O3/c1-20-9-3-4-10(13(18)7-9)14(19)17-12-6-8(16)2-5-11(12)15/h2-7,18H,16H2,1H3,(H,17,19). The van der Waals surface area contributed by atoms with Crippen molar-refractivity contribution in [1.29, 1.82) is 0 Å². The average Bonchev–Trinajstić information content (AvgIpc) is 2.42. The maximum atomic E-state index is 12.1. The van der Waals surface area contributed by atoms with E-state index in [4.69, 9.17) is 22.1 Å². The molecule has 0 fully saturated rings. The lowest BCUT2D eigenvalue weighted by Gasteiger charge is -2.10. The number of phenols is 1. The Balaban J connectivity index is 2.26. The first-order chi connectivity index (χ1) is 9.51. The number of benzene rings is 2. The Hall–Kier alpha value is -2.40. The molecule has 0 bridgehead atoms. The summed E-state index contributed by atoms with van der Waals surface area (Å²) in [7, 11) is 1.47.